The molecule has 1 saturated carbocycles. The molecule has 36 heavy (non-hydrogen) atoms. The van der Waals surface area contributed by atoms with Gasteiger partial charge in [-0.15, -0.1) is 0 Å². The third-order valence-corrected chi connectivity index (χ3v) is 7.37. The van der Waals surface area contributed by atoms with Gasteiger partial charge in [-0.05, 0) is 61.3 Å². The summed E-state index contributed by atoms with van der Waals surface area (Å²) in [4.78, 5) is 39.2. The first-order valence-corrected chi connectivity index (χ1v) is 13.0. The van der Waals surface area contributed by atoms with Crippen molar-refractivity contribution < 1.29 is 14.7 Å². The molecule has 1 aliphatic rings. The van der Waals surface area contributed by atoms with Gasteiger partial charge in [0.05, 0.1) is 12.1 Å². The Balaban J connectivity index is 1.74. The summed E-state index contributed by atoms with van der Waals surface area (Å²) in [7, 11) is 0. The van der Waals surface area contributed by atoms with E-state index in [2.05, 4.69) is 13.8 Å². The Morgan fingerprint density at radius 1 is 1.03 bits per heavy atom. The van der Waals surface area contributed by atoms with Crippen molar-refractivity contribution in [1.29, 1.82) is 0 Å². The van der Waals surface area contributed by atoms with E-state index in [1.165, 1.54) is 4.57 Å². The lowest BCUT2D eigenvalue weighted by atomic mass is 9.88. The molecular formula is C30H36N2O4. The first-order chi connectivity index (χ1) is 17.3. The van der Waals surface area contributed by atoms with Crippen molar-refractivity contribution in [3.63, 3.8) is 0 Å². The van der Waals surface area contributed by atoms with Crippen LogP contribution in [0.3, 0.4) is 0 Å². The van der Waals surface area contributed by atoms with E-state index in [0.717, 1.165) is 61.0 Å². The molecule has 6 nitrogen and oxygen atoms in total. The van der Waals surface area contributed by atoms with Crippen LogP contribution in [0.25, 0.3) is 11.1 Å². The van der Waals surface area contributed by atoms with Crippen LogP contribution in [0.5, 0.6) is 0 Å². The van der Waals surface area contributed by atoms with Crippen LogP contribution in [0.2, 0.25) is 0 Å². The third-order valence-electron chi connectivity index (χ3n) is 7.37. The average molecular weight is 489 g/mol. The zero-order chi connectivity index (χ0) is 25.8. The summed E-state index contributed by atoms with van der Waals surface area (Å²) < 4.78 is 3.07. The molecule has 0 amide bonds. The molecular weight excluding hydrogens is 452 g/mol. The van der Waals surface area contributed by atoms with Crippen molar-refractivity contribution in [2.24, 2.45) is 11.8 Å². The Hall–Kier alpha value is -3.41. The van der Waals surface area contributed by atoms with E-state index < -0.39 is 5.97 Å². The molecule has 2 aromatic carbocycles. The molecule has 0 saturated heterocycles. The summed E-state index contributed by atoms with van der Waals surface area (Å²) in [5.41, 5.74) is 3.66. The van der Waals surface area contributed by atoms with Crippen LogP contribution in [0, 0.1) is 18.8 Å². The van der Waals surface area contributed by atoms with Crippen LogP contribution in [0.15, 0.2) is 53.3 Å². The van der Waals surface area contributed by atoms with Gasteiger partial charge in [-0.3, -0.25) is 9.36 Å². The minimum Gasteiger partial charge on any atom is -0.478 e. The number of imidazole rings is 1. The van der Waals surface area contributed by atoms with Crippen LogP contribution in [0.1, 0.15) is 84.5 Å². The van der Waals surface area contributed by atoms with Crippen molar-refractivity contribution in [3.05, 3.63) is 81.5 Å². The van der Waals surface area contributed by atoms with Crippen molar-refractivity contribution in [3.8, 4) is 11.1 Å². The number of benzene rings is 2. The lowest BCUT2D eigenvalue weighted by Crippen LogP contribution is -2.34. The first-order valence-electron chi connectivity index (χ1n) is 13.0. The number of hydrogen-bond acceptors (Lipinski definition) is 3. The number of carbonyl (C=O) groups is 2. The number of carboxylic acid groups (broad SMARTS) is 1. The number of aromatic nitrogens is 2. The summed E-state index contributed by atoms with van der Waals surface area (Å²) in [6, 6.07) is 14.8. The maximum atomic E-state index is 13.6. The van der Waals surface area contributed by atoms with E-state index in [0.29, 0.717) is 17.9 Å². The van der Waals surface area contributed by atoms with Gasteiger partial charge in [0.25, 0.3) is 0 Å². The number of hydrogen-bond donors (Lipinski definition) is 1. The molecule has 1 fully saturated rings. The molecule has 3 aromatic rings. The smallest absolute Gasteiger partial charge is 0.336 e. The number of carbonyl (C=O) groups excluding carboxylic acids is 1. The molecule has 0 unspecified atom stereocenters. The van der Waals surface area contributed by atoms with Gasteiger partial charge in [-0.2, -0.15) is 0 Å². The summed E-state index contributed by atoms with van der Waals surface area (Å²) in [5, 5.41) is 9.92. The average Bonchev–Trinajstić information content (AvgIpc) is 3.11. The molecule has 4 rings (SSSR count). The highest BCUT2D eigenvalue weighted by Gasteiger charge is 2.28. The van der Waals surface area contributed by atoms with Gasteiger partial charge in [0, 0.05) is 17.3 Å². The van der Waals surface area contributed by atoms with Crippen molar-refractivity contribution in [1.82, 2.24) is 9.13 Å². The van der Waals surface area contributed by atoms with E-state index in [-0.39, 0.29) is 29.6 Å². The molecule has 0 radical (unpaired) electrons. The molecule has 1 aromatic heterocycles. The number of nitrogens with zero attached hydrogens (tertiary/aromatic N) is 2. The van der Waals surface area contributed by atoms with Gasteiger partial charge in [0.15, 0.2) is 0 Å². The zero-order valence-electron chi connectivity index (χ0n) is 21.5. The Morgan fingerprint density at radius 3 is 2.36 bits per heavy atom. The second kappa shape index (κ2) is 11.1. The van der Waals surface area contributed by atoms with E-state index >= 15 is 0 Å². The summed E-state index contributed by atoms with van der Waals surface area (Å²) in [6.07, 6.45) is 6.45. The van der Waals surface area contributed by atoms with Crippen molar-refractivity contribution in [2.75, 3.05) is 0 Å². The molecule has 0 atom stereocenters. The maximum Gasteiger partial charge on any atom is 0.336 e. The lowest BCUT2D eigenvalue weighted by molar-refractivity contribution is 0.0697. The topological polar surface area (TPSA) is 81.3 Å². The summed E-state index contributed by atoms with van der Waals surface area (Å²) >= 11 is 0. The molecule has 0 bridgehead atoms. The fourth-order valence-electron chi connectivity index (χ4n) is 5.32. The Labute approximate surface area is 212 Å². The highest BCUT2D eigenvalue weighted by Crippen LogP contribution is 2.27. The van der Waals surface area contributed by atoms with Gasteiger partial charge in [-0.25, -0.2) is 14.2 Å². The van der Waals surface area contributed by atoms with Gasteiger partial charge >= 0.3 is 11.7 Å². The van der Waals surface area contributed by atoms with Crippen molar-refractivity contribution >= 4 is 11.9 Å². The third kappa shape index (κ3) is 5.38. The van der Waals surface area contributed by atoms with Gasteiger partial charge in [-0.1, -0.05) is 75.6 Å². The standard InChI is InChI=1S/C30H36N2O4/c1-20(2)14-17-27-21(3)32(28(33)24-12-8-5-9-13-24)30(36)31(27)19-22-15-16-25(26(18-22)29(34)35)23-10-6-4-7-11-23/h4,6-7,10-11,15-16,18,20,24H,5,8-9,12-14,17,19H2,1-3H3,(H,34,35). The van der Waals surface area contributed by atoms with E-state index in [1.54, 1.807) is 10.6 Å². The van der Waals surface area contributed by atoms with Crippen LogP contribution >= 0.6 is 0 Å². The molecule has 1 aliphatic carbocycles. The van der Waals surface area contributed by atoms with Crippen LogP contribution < -0.4 is 5.69 Å². The van der Waals surface area contributed by atoms with Gasteiger partial charge in [0.2, 0.25) is 5.91 Å². The van der Waals surface area contributed by atoms with Gasteiger partial charge < -0.3 is 5.11 Å². The second-order valence-corrected chi connectivity index (χ2v) is 10.4. The first kappa shape index (κ1) is 25.7. The lowest BCUT2D eigenvalue weighted by Gasteiger charge is -2.20. The monoisotopic (exact) mass is 488 g/mol. The molecule has 1 N–H and O–H groups in total. The van der Waals surface area contributed by atoms with E-state index in [4.69, 9.17) is 0 Å². The largest absolute Gasteiger partial charge is 0.478 e. The Bertz CT molecular complexity index is 1290. The highest BCUT2D eigenvalue weighted by atomic mass is 16.4. The zero-order valence-corrected chi connectivity index (χ0v) is 21.5. The van der Waals surface area contributed by atoms with Crippen molar-refractivity contribution in [2.45, 2.75) is 72.3 Å². The van der Waals surface area contributed by atoms with Crippen LogP contribution in [-0.2, 0) is 13.0 Å². The minimum absolute atomic E-state index is 0.0904. The predicted octanol–water partition coefficient (Wildman–Crippen LogP) is 6.18. The predicted molar refractivity (Wildman–Crippen MR) is 142 cm³/mol. The second-order valence-electron chi connectivity index (χ2n) is 10.4. The summed E-state index contributed by atoms with van der Waals surface area (Å²) in [6.45, 7) is 6.38. The molecule has 1 heterocycles. The Morgan fingerprint density at radius 2 is 1.72 bits per heavy atom. The SMILES string of the molecule is Cc1c(CCC(C)C)n(Cc2ccc(-c3ccccc3)c(C(=O)O)c2)c(=O)n1C(=O)C1CCCCC1. The number of aromatic carboxylic acids is 1. The molecule has 0 spiro atoms. The number of carboxylic acids is 1. The van der Waals surface area contributed by atoms with E-state index in [1.807, 2.05) is 49.4 Å². The molecule has 0 aliphatic heterocycles. The normalized spacial score (nSPS) is 14.3. The quantitative estimate of drug-likeness (QED) is 0.410. The van der Waals surface area contributed by atoms with Crippen LogP contribution in [0.4, 0.5) is 0 Å². The Kier molecular flexibility index (Phi) is 7.92. The summed E-state index contributed by atoms with van der Waals surface area (Å²) in [5.74, 6) is -0.751. The highest BCUT2D eigenvalue weighted by molar-refractivity contribution is 5.96. The van der Waals surface area contributed by atoms with E-state index in [9.17, 15) is 19.5 Å². The molecule has 6 heteroatoms. The maximum absolute atomic E-state index is 13.6. The van der Waals surface area contributed by atoms with Gasteiger partial charge in [0.1, 0.15) is 0 Å². The fraction of sp³-hybridized carbons (Fsp3) is 0.433. The minimum atomic E-state index is -1.01. The fourth-order valence-corrected chi connectivity index (χ4v) is 5.32. The molecule has 190 valence electrons. The van der Waals surface area contributed by atoms with Crippen LogP contribution in [-0.4, -0.2) is 26.1 Å². The number of rotatable bonds is 8.